The van der Waals surface area contributed by atoms with Crippen LogP contribution in [0.15, 0.2) is 60.2 Å². The lowest BCUT2D eigenvalue weighted by molar-refractivity contribution is 0.0949. The van der Waals surface area contributed by atoms with Gasteiger partial charge in [-0.1, -0.05) is 12.1 Å². The monoisotopic (exact) mass is 277 g/mol. The van der Waals surface area contributed by atoms with E-state index in [1.54, 1.807) is 12.4 Å². The molecule has 0 aliphatic carbocycles. The van der Waals surface area contributed by atoms with Gasteiger partial charge in [-0.05, 0) is 23.8 Å². The van der Waals surface area contributed by atoms with E-state index in [1.807, 2.05) is 30.3 Å². The van der Waals surface area contributed by atoms with Crippen LogP contribution < -0.4 is 5.43 Å². The SMILES string of the molecule is O=C(NN=Cc1ccc2ncccc2c1)c1cnccn1. The van der Waals surface area contributed by atoms with E-state index in [-0.39, 0.29) is 5.69 Å². The van der Waals surface area contributed by atoms with Crippen molar-refractivity contribution in [1.82, 2.24) is 20.4 Å². The Balaban J connectivity index is 1.71. The van der Waals surface area contributed by atoms with Crippen LogP contribution in [0.2, 0.25) is 0 Å². The number of pyridine rings is 1. The lowest BCUT2D eigenvalue weighted by Gasteiger charge is -1.99. The summed E-state index contributed by atoms with van der Waals surface area (Å²) in [6.45, 7) is 0. The largest absolute Gasteiger partial charge is 0.291 e. The van der Waals surface area contributed by atoms with Crippen molar-refractivity contribution >= 4 is 23.0 Å². The first-order chi connectivity index (χ1) is 10.3. The summed E-state index contributed by atoms with van der Waals surface area (Å²) in [6.07, 6.45) is 7.66. The van der Waals surface area contributed by atoms with Crippen molar-refractivity contribution in [1.29, 1.82) is 0 Å². The van der Waals surface area contributed by atoms with Gasteiger partial charge in [0.1, 0.15) is 5.69 Å². The fourth-order valence-corrected chi connectivity index (χ4v) is 1.81. The number of nitrogens with one attached hydrogen (secondary N) is 1. The number of benzene rings is 1. The van der Waals surface area contributed by atoms with Crippen molar-refractivity contribution in [3.05, 3.63) is 66.4 Å². The number of hydrazone groups is 1. The third-order valence-electron chi connectivity index (χ3n) is 2.80. The molecule has 0 saturated heterocycles. The van der Waals surface area contributed by atoms with Gasteiger partial charge in [0.25, 0.3) is 5.91 Å². The molecule has 3 aromatic rings. The Morgan fingerprint density at radius 3 is 2.95 bits per heavy atom. The van der Waals surface area contributed by atoms with Crippen molar-refractivity contribution in [3.8, 4) is 0 Å². The summed E-state index contributed by atoms with van der Waals surface area (Å²) >= 11 is 0. The summed E-state index contributed by atoms with van der Waals surface area (Å²) in [5.74, 6) is -0.401. The Bertz CT molecular complexity index is 801. The first-order valence-corrected chi connectivity index (χ1v) is 6.27. The number of carbonyl (C=O) groups excluding carboxylic acids is 1. The summed E-state index contributed by atoms with van der Waals surface area (Å²) in [7, 11) is 0. The molecule has 0 aliphatic heterocycles. The van der Waals surface area contributed by atoms with Crippen LogP contribution in [0, 0.1) is 0 Å². The quantitative estimate of drug-likeness (QED) is 0.584. The van der Waals surface area contributed by atoms with Crippen LogP contribution in [-0.2, 0) is 0 Å². The van der Waals surface area contributed by atoms with E-state index in [2.05, 4.69) is 25.5 Å². The first kappa shape index (κ1) is 12.9. The highest BCUT2D eigenvalue weighted by molar-refractivity contribution is 5.93. The average Bonchev–Trinajstić information content (AvgIpc) is 2.55. The molecule has 0 atom stereocenters. The Hall–Kier alpha value is -3.15. The number of rotatable bonds is 3. The molecule has 1 N–H and O–H groups in total. The molecule has 0 saturated carbocycles. The van der Waals surface area contributed by atoms with Crippen molar-refractivity contribution in [3.63, 3.8) is 0 Å². The fraction of sp³-hybridized carbons (Fsp3) is 0. The molecule has 0 radical (unpaired) electrons. The van der Waals surface area contributed by atoms with E-state index in [1.165, 1.54) is 18.6 Å². The van der Waals surface area contributed by atoms with E-state index in [4.69, 9.17) is 0 Å². The van der Waals surface area contributed by atoms with E-state index >= 15 is 0 Å². The number of nitrogens with zero attached hydrogens (tertiary/aromatic N) is 4. The molecule has 0 unspecified atom stereocenters. The zero-order chi connectivity index (χ0) is 14.5. The molecule has 1 amide bonds. The van der Waals surface area contributed by atoms with Gasteiger partial charge in [0, 0.05) is 24.0 Å². The van der Waals surface area contributed by atoms with Gasteiger partial charge in [0.05, 0.1) is 17.9 Å². The van der Waals surface area contributed by atoms with Crippen LogP contribution in [0.1, 0.15) is 16.1 Å². The number of hydrogen-bond donors (Lipinski definition) is 1. The van der Waals surface area contributed by atoms with Crippen molar-refractivity contribution in [2.75, 3.05) is 0 Å². The molecule has 1 aromatic carbocycles. The second kappa shape index (κ2) is 5.87. The van der Waals surface area contributed by atoms with Crippen LogP contribution >= 0.6 is 0 Å². The number of amides is 1. The minimum atomic E-state index is -0.401. The third-order valence-corrected chi connectivity index (χ3v) is 2.80. The van der Waals surface area contributed by atoms with Crippen LogP contribution in [0.3, 0.4) is 0 Å². The molecule has 2 aromatic heterocycles. The van der Waals surface area contributed by atoms with Gasteiger partial charge in [-0.15, -0.1) is 0 Å². The minimum absolute atomic E-state index is 0.220. The van der Waals surface area contributed by atoms with Gasteiger partial charge < -0.3 is 0 Å². The van der Waals surface area contributed by atoms with E-state index < -0.39 is 5.91 Å². The normalized spacial score (nSPS) is 10.9. The molecule has 0 spiro atoms. The zero-order valence-electron chi connectivity index (χ0n) is 11.0. The Morgan fingerprint density at radius 1 is 1.14 bits per heavy atom. The van der Waals surface area contributed by atoms with Crippen molar-refractivity contribution in [2.45, 2.75) is 0 Å². The van der Waals surface area contributed by atoms with E-state index in [9.17, 15) is 4.79 Å². The van der Waals surface area contributed by atoms with Crippen LogP contribution in [0.4, 0.5) is 0 Å². The second-order valence-electron chi connectivity index (χ2n) is 4.25. The highest BCUT2D eigenvalue weighted by Crippen LogP contribution is 2.11. The third kappa shape index (κ3) is 3.06. The van der Waals surface area contributed by atoms with Gasteiger partial charge >= 0.3 is 0 Å². The molecule has 0 aliphatic rings. The summed E-state index contributed by atoms with van der Waals surface area (Å²) in [6, 6.07) is 9.58. The summed E-state index contributed by atoms with van der Waals surface area (Å²) in [5.41, 5.74) is 4.41. The molecular formula is C15H11N5O. The standard InChI is InChI=1S/C15H11N5O/c21-15(14-10-16-6-7-18-14)20-19-9-11-3-4-13-12(8-11)2-1-5-17-13/h1-10H,(H,20,21). The van der Waals surface area contributed by atoms with Crippen LogP contribution in [0.5, 0.6) is 0 Å². The highest BCUT2D eigenvalue weighted by atomic mass is 16.2. The summed E-state index contributed by atoms with van der Waals surface area (Å²) < 4.78 is 0. The van der Waals surface area contributed by atoms with Crippen molar-refractivity contribution < 1.29 is 4.79 Å². The molecule has 21 heavy (non-hydrogen) atoms. The first-order valence-electron chi connectivity index (χ1n) is 6.27. The Kier molecular flexibility index (Phi) is 3.60. The van der Waals surface area contributed by atoms with Gasteiger partial charge in [0.2, 0.25) is 0 Å². The maximum atomic E-state index is 11.7. The maximum absolute atomic E-state index is 11.7. The average molecular weight is 277 g/mol. The molecule has 102 valence electrons. The predicted octanol–water partition coefficient (Wildman–Crippen LogP) is 1.79. The highest BCUT2D eigenvalue weighted by Gasteiger charge is 2.04. The maximum Gasteiger partial charge on any atom is 0.291 e. The Morgan fingerprint density at radius 2 is 2.10 bits per heavy atom. The van der Waals surface area contributed by atoms with Crippen LogP contribution in [0.25, 0.3) is 10.9 Å². The lowest BCUT2D eigenvalue weighted by atomic mass is 10.1. The summed E-state index contributed by atoms with van der Waals surface area (Å²) in [5, 5.41) is 4.93. The minimum Gasteiger partial charge on any atom is -0.265 e. The fourth-order valence-electron chi connectivity index (χ4n) is 1.81. The molecule has 0 bridgehead atoms. The number of aromatic nitrogens is 3. The van der Waals surface area contributed by atoms with E-state index in [0.29, 0.717) is 0 Å². The number of hydrogen-bond acceptors (Lipinski definition) is 5. The van der Waals surface area contributed by atoms with Gasteiger partial charge in [0.15, 0.2) is 0 Å². The number of carbonyl (C=O) groups is 1. The van der Waals surface area contributed by atoms with Crippen molar-refractivity contribution in [2.24, 2.45) is 5.10 Å². The van der Waals surface area contributed by atoms with Gasteiger partial charge in [-0.3, -0.25) is 14.8 Å². The topological polar surface area (TPSA) is 80.1 Å². The lowest BCUT2D eigenvalue weighted by Crippen LogP contribution is -2.19. The number of fused-ring (bicyclic) bond motifs is 1. The zero-order valence-corrected chi connectivity index (χ0v) is 11.0. The molecule has 6 nitrogen and oxygen atoms in total. The summed E-state index contributed by atoms with van der Waals surface area (Å²) in [4.78, 5) is 23.7. The molecule has 6 heteroatoms. The van der Waals surface area contributed by atoms with Gasteiger partial charge in [-0.25, -0.2) is 10.4 Å². The molecule has 0 fully saturated rings. The van der Waals surface area contributed by atoms with Crippen LogP contribution in [-0.4, -0.2) is 27.1 Å². The second-order valence-corrected chi connectivity index (χ2v) is 4.25. The molecule has 2 heterocycles. The van der Waals surface area contributed by atoms with E-state index in [0.717, 1.165) is 16.5 Å². The molecule has 3 rings (SSSR count). The van der Waals surface area contributed by atoms with Gasteiger partial charge in [-0.2, -0.15) is 5.10 Å². The predicted molar refractivity (Wildman–Crippen MR) is 78.8 cm³/mol. The molecular weight excluding hydrogens is 266 g/mol. The Labute approximate surface area is 120 Å². The smallest absolute Gasteiger partial charge is 0.265 e.